The highest BCUT2D eigenvalue weighted by atomic mass is 32.2. The maximum Gasteiger partial charge on any atom is 0.277 e. The Morgan fingerprint density at radius 3 is 3.03 bits per heavy atom. The van der Waals surface area contributed by atoms with E-state index in [1.165, 1.54) is 28.6 Å². The van der Waals surface area contributed by atoms with Gasteiger partial charge in [-0.25, -0.2) is 0 Å². The molecule has 6 nitrogen and oxygen atoms in total. The predicted octanol–water partition coefficient (Wildman–Crippen LogP) is 4.78. The Morgan fingerprint density at radius 2 is 2.13 bits per heavy atom. The molecule has 1 aromatic carbocycles. The second-order valence-corrected chi connectivity index (χ2v) is 9.98. The molecule has 1 amide bonds. The normalized spacial score (nSPS) is 17.9. The van der Waals surface area contributed by atoms with E-state index < -0.39 is 0 Å². The van der Waals surface area contributed by atoms with Crippen LogP contribution >= 0.6 is 23.1 Å². The lowest BCUT2D eigenvalue weighted by atomic mass is 9.90. The van der Waals surface area contributed by atoms with E-state index in [0.29, 0.717) is 29.5 Å². The van der Waals surface area contributed by atoms with Crippen LogP contribution in [0.2, 0.25) is 0 Å². The first kappa shape index (κ1) is 19.5. The fourth-order valence-electron chi connectivity index (χ4n) is 3.95. The van der Waals surface area contributed by atoms with E-state index in [4.69, 9.17) is 4.42 Å². The summed E-state index contributed by atoms with van der Waals surface area (Å²) in [6, 6.07) is 7.60. The van der Waals surface area contributed by atoms with Crippen molar-refractivity contribution < 1.29 is 14.0 Å². The summed E-state index contributed by atoms with van der Waals surface area (Å²) in [5, 5.41) is 11.5. The lowest BCUT2D eigenvalue weighted by molar-refractivity contribution is -0.116. The van der Waals surface area contributed by atoms with Crippen molar-refractivity contribution in [1.82, 2.24) is 10.2 Å². The number of Topliss-reactive ketones (excluding diaryl/α,β-unsaturated/α-hetero) is 1. The van der Waals surface area contributed by atoms with E-state index >= 15 is 0 Å². The van der Waals surface area contributed by atoms with E-state index in [0.717, 1.165) is 34.9 Å². The number of benzene rings is 1. The van der Waals surface area contributed by atoms with E-state index in [-0.39, 0.29) is 17.4 Å². The zero-order valence-electron chi connectivity index (χ0n) is 16.6. The number of nitrogens with zero attached hydrogens (tertiary/aromatic N) is 2. The molecule has 3 aromatic rings. The molecule has 1 aliphatic heterocycles. The largest absolute Gasteiger partial charge is 0.410 e. The van der Waals surface area contributed by atoms with Crippen molar-refractivity contribution in [2.24, 2.45) is 5.92 Å². The van der Waals surface area contributed by atoms with Crippen molar-refractivity contribution in [3.05, 3.63) is 45.8 Å². The van der Waals surface area contributed by atoms with Gasteiger partial charge in [0, 0.05) is 22.5 Å². The minimum absolute atomic E-state index is 0.0000234. The van der Waals surface area contributed by atoms with Crippen LogP contribution in [0, 0.1) is 5.92 Å². The Hall–Kier alpha value is -2.45. The summed E-state index contributed by atoms with van der Waals surface area (Å²) in [6.45, 7) is 2.29. The Morgan fingerprint density at radius 1 is 1.23 bits per heavy atom. The van der Waals surface area contributed by atoms with Crippen LogP contribution in [0.3, 0.4) is 0 Å². The Balaban J connectivity index is 1.24. The molecule has 2 aromatic heterocycles. The van der Waals surface area contributed by atoms with Crippen molar-refractivity contribution >= 4 is 40.5 Å². The van der Waals surface area contributed by atoms with Gasteiger partial charge >= 0.3 is 0 Å². The summed E-state index contributed by atoms with van der Waals surface area (Å²) in [5.74, 6) is 1.50. The molecule has 2 aliphatic rings. The van der Waals surface area contributed by atoms with Gasteiger partial charge in [0.25, 0.3) is 11.1 Å². The van der Waals surface area contributed by atoms with Gasteiger partial charge in [0.1, 0.15) is 0 Å². The number of carbonyl (C=O) groups excluding carboxylic acids is 2. The zero-order valence-corrected chi connectivity index (χ0v) is 18.2. The van der Waals surface area contributed by atoms with Crippen LogP contribution in [0.5, 0.6) is 0 Å². The molecule has 154 valence electrons. The lowest BCUT2D eigenvalue weighted by Crippen LogP contribution is -2.19. The molecule has 0 bridgehead atoms. The van der Waals surface area contributed by atoms with E-state index in [9.17, 15) is 9.59 Å². The number of hydrogen-bond acceptors (Lipinski definition) is 7. The summed E-state index contributed by atoms with van der Waals surface area (Å²) in [5.41, 5.74) is 3.84. The topological polar surface area (TPSA) is 85.1 Å². The summed E-state index contributed by atoms with van der Waals surface area (Å²) < 4.78 is 5.81. The molecular formula is C22H21N3O3S2. The number of thiophene rings is 1. The summed E-state index contributed by atoms with van der Waals surface area (Å²) in [4.78, 5) is 26.5. The predicted molar refractivity (Wildman–Crippen MR) is 117 cm³/mol. The number of aromatic nitrogens is 2. The quantitative estimate of drug-likeness (QED) is 0.455. The number of amides is 1. The number of fused-ring (bicyclic) bond motifs is 2. The highest BCUT2D eigenvalue weighted by Crippen LogP contribution is 2.37. The fraction of sp³-hybridized carbons (Fsp3) is 0.364. The number of hydrogen-bond donors (Lipinski definition) is 1. The van der Waals surface area contributed by atoms with Crippen LogP contribution in [0.1, 0.15) is 46.1 Å². The maximum absolute atomic E-state index is 12.6. The minimum atomic E-state index is 0.0000234. The second kappa shape index (κ2) is 8.00. The Bertz CT molecular complexity index is 1130. The van der Waals surface area contributed by atoms with Gasteiger partial charge in [-0.15, -0.1) is 21.5 Å². The first-order chi connectivity index (χ1) is 14.5. The van der Waals surface area contributed by atoms with Gasteiger partial charge in [-0.2, -0.15) is 0 Å². The van der Waals surface area contributed by atoms with Crippen molar-refractivity contribution in [2.45, 2.75) is 44.3 Å². The molecule has 1 atom stereocenters. The third kappa shape index (κ3) is 3.94. The lowest BCUT2D eigenvalue weighted by Gasteiger charge is -2.17. The number of anilines is 1. The average Bonchev–Trinajstić information content (AvgIpc) is 3.38. The van der Waals surface area contributed by atoms with E-state index in [1.807, 2.05) is 6.07 Å². The number of rotatable bonds is 5. The molecule has 1 N–H and O–H groups in total. The number of thioether (sulfide) groups is 1. The molecule has 0 spiro atoms. The Kier molecular flexibility index (Phi) is 5.20. The van der Waals surface area contributed by atoms with E-state index in [2.05, 4.69) is 28.5 Å². The third-order valence-corrected chi connectivity index (χ3v) is 7.64. The van der Waals surface area contributed by atoms with Crippen LogP contribution in [-0.4, -0.2) is 27.6 Å². The molecule has 1 unspecified atom stereocenters. The number of nitrogens with one attached hydrogen (secondary N) is 1. The minimum Gasteiger partial charge on any atom is -0.410 e. The smallest absolute Gasteiger partial charge is 0.277 e. The molecule has 0 saturated carbocycles. The fourth-order valence-corrected chi connectivity index (χ4v) is 5.73. The van der Waals surface area contributed by atoms with Crippen molar-refractivity contribution in [2.75, 3.05) is 11.1 Å². The molecule has 5 rings (SSSR count). The summed E-state index contributed by atoms with van der Waals surface area (Å²) in [6.07, 6.45) is 4.58. The first-order valence-corrected chi connectivity index (χ1v) is 11.9. The van der Waals surface area contributed by atoms with Gasteiger partial charge in [0.05, 0.1) is 10.6 Å². The van der Waals surface area contributed by atoms with E-state index in [1.54, 1.807) is 23.5 Å². The molecule has 0 radical (unpaired) electrons. The van der Waals surface area contributed by atoms with Gasteiger partial charge in [0.2, 0.25) is 5.91 Å². The number of ketones is 1. The van der Waals surface area contributed by atoms with Gasteiger partial charge in [-0.3, -0.25) is 9.59 Å². The zero-order chi connectivity index (χ0) is 20.7. The van der Waals surface area contributed by atoms with Gasteiger partial charge < -0.3 is 9.73 Å². The van der Waals surface area contributed by atoms with Crippen molar-refractivity contribution in [3.63, 3.8) is 0 Å². The first-order valence-electron chi connectivity index (χ1n) is 10.1. The van der Waals surface area contributed by atoms with Gasteiger partial charge in [-0.1, -0.05) is 18.7 Å². The second-order valence-electron chi connectivity index (χ2n) is 7.91. The maximum atomic E-state index is 12.6. The van der Waals surface area contributed by atoms with Crippen molar-refractivity contribution in [1.29, 1.82) is 0 Å². The van der Waals surface area contributed by atoms with Gasteiger partial charge in [0.15, 0.2) is 5.78 Å². The third-order valence-electron chi connectivity index (χ3n) is 5.60. The number of carbonyl (C=O) groups is 2. The van der Waals surface area contributed by atoms with Crippen LogP contribution in [0.4, 0.5) is 5.69 Å². The molecule has 0 saturated heterocycles. The summed E-state index contributed by atoms with van der Waals surface area (Å²) >= 11 is 2.99. The molecule has 8 heteroatoms. The standard InChI is InChI=1S/C22H21N3O3S2/c1-12-2-6-18-15(8-12)10-19(30-18)21-24-25-22(28-21)29-11-17(26)14-3-5-16-13(9-14)4-7-20(27)23-16/h3,5,9-10,12H,2,4,6-8,11H2,1H3,(H,23,27). The summed E-state index contributed by atoms with van der Waals surface area (Å²) in [7, 11) is 0. The monoisotopic (exact) mass is 439 g/mol. The Labute approximate surface area is 182 Å². The van der Waals surface area contributed by atoms with Crippen LogP contribution in [0.15, 0.2) is 33.9 Å². The van der Waals surface area contributed by atoms with Crippen molar-refractivity contribution in [3.8, 4) is 10.8 Å². The highest BCUT2D eigenvalue weighted by molar-refractivity contribution is 7.99. The molecule has 1 aliphatic carbocycles. The SMILES string of the molecule is CC1CCc2sc(-c3nnc(SCC(=O)c4ccc5c(c4)CCC(=O)N5)o3)cc2C1. The van der Waals surface area contributed by atoms with Crippen LogP contribution < -0.4 is 5.32 Å². The molecule has 0 fully saturated rings. The number of aryl methyl sites for hydroxylation is 2. The molecule has 3 heterocycles. The van der Waals surface area contributed by atoms with Crippen LogP contribution in [-0.2, 0) is 24.1 Å². The average molecular weight is 440 g/mol. The van der Waals surface area contributed by atoms with Crippen LogP contribution in [0.25, 0.3) is 10.8 Å². The van der Waals surface area contributed by atoms with Gasteiger partial charge in [-0.05, 0) is 67.0 Å². The molecular weight excluding hydrogens is 418 g/mol. The molecule has 30 heavy (non-hydrogen) atoms. The highest BCUT2D eigenvalue weighted by Gasteiger charge is 2.22.